The third-order valence-electron chi connectivity index (χ3n) is 6.36. The van der Waals surface area contributed by atoms with E-state index >= 15 is 0 Å². The van der Waals surface area contributed by atoms with Gasteiger partial charge in [-0.25, -0.2) is 0 Å². The van der Waals surface area contributed by atoms with Gasteiger partial charge in [0.15, 0.2) is 6.10 Å². The van der Waals surface area contributed by atoms with Gasteiger partial charge in [0.1, 0.15) is 12.4 Å². The molecule has 162 valence electrons. The van der Waals surface area contributed by atoms with Crippen molar-refractivity contribution in [1.29, 1.82) is 0 Å². The topological polar surface area (TPSA) is 45.2 Å². The summed E-state index contributed by atoms with van der Waals surface area (Å²) in [5.41, 5.74) is 1.20. The molecule has 0 spiro atoms. The van der Waals surface area contributed by atoms with Crippen LogP contribution in [0.3, 0.4) is 0 Å². The average Bonchev–Trinajstić information content (AvgIpc) is 2.80. The van der Waals surface area contributed by atoms with E-state index in [9.17, 15) is 4.79 Å². The number of piperidine rings is 1. The number of carbonyl (C=O) groups is 1. The molecule has 3 aliphatic heterocycles. The van der Waals surface area contributed by atoms with Crippen molar-refractivity contribution < 1.29 is 14.3 Å². The van der Waals surface area contributed by atoms with Crippen LogP contribution in [0.4, 0.5) is 0 Å². The summed E-state index contributed by atoms with van der Waals surface area (Å²) in [5, 5.41) is 0. The Kier molecular flexibility index (Phi) is 7.27. The third kappa shape index (κ3) is 5.54. The SMILES string of the molecule is CN1CCN(CC#CCOC2CCN(C(=O)C3CCc4ccccc4O3)CC2)CC1. The molecule has 6 nitrogen and oxygen atoms in total. The highest BCUT2D eigenvalue weighted by atomic mass is 16.5. The van der Waals surface area contributed by atoms with Crippen LogP contribution in [0.2, 0.25) is 0 Å². The van der Waals surface area contributed by atoms with E-state index in [2.05, 4.69) is 34.8 Å². The fourth-order valence-corrected chi connectivity index (χ4v) is 4.33. The number of piperazine rings is 1. The molecule has 0 aromatic heterocycles. The molecule has 30 heavy (non-hydrogen) atoms. The Morgan fingerprint density at radius 1 is 1.07 bits per heavy atom. The molecule has 1 amide bonds. The summed E-state index contributed by atoms with van der Waals surface area (Å²) in [7, 11) is 2.16. The first-order valence-corrected chi connectivity index (χ1v) is 11.2. The van der Waals surface area contributed by atoms with Gasteiger partial charge in [0, 0.05) is 39.3 Å². The van der Waals surface area contributed by atoms with E-state index < -0.39 is 0 Å². The summed E-state index contributed by atoms with van der Waals surface area (Å²) in [5.74, 6) is 7.37. The van der Waals surface area contributed by atoms with Gasteiger partial charge in [-0.3, -0.25) is 9.69 Å². The van der Waals surface area contributed by atoms with E-state index in [0.29, 0.717) is 6.61 Å². The second-order valence-electron chi connectivity index (χ2n) is 8.52. The van der Waals surface area contributed by atoms with Crippen molar-refractivity contribution in [1.82, 2.24) is 14.7 Å². The summed E-state index contributed by atoms with van der Waals surface area (Å²) in [6, 6.07) is 8.01. The first-order chi connectivity index (χ1) is 14.7. The highest BCUT2D eigenvalue weighted by Gasteiger charge is 2.32. The molecule has 3 heterocycles. The fourth-order valence-electron chi connectivity index (χ4n) is 4.33. The number of likely N-dealkylation sites (tertiary alicyclic amines) is 1. The first kappa shape index (κ1) is 21.2. The summed E-state index contributed by atoms with van der Waals surface area (Å²) < 4.78 is 11.9. The molecule has 6 heteroatoms. The second-order valence-corrected chi connectivity index (χ2v) is 8.52. The van der Waals surface area contributed by atoms with Gasteiger partial charge in [0.25, 0.3) is 5.91 Å². The summed E-state index contributed by atoms with van der Waals surface area (Å²) in [4.78, 5) is 19.6. The summed E-state index contributed by atoms with van der Waals surface area (Å²) in [6.45, 7) is 7.20. The molecule has 0 radical (unpaired) electrons. The Bertz CT molecular complexity index is 771. The van der Waals surface area contributed by atoms with Crippen molar-refractivity contribution in [2.45, 2.75) is 37.9 Å². The van der Waals surface area contributed by atoms with Crippen LogP contribution < -0.4 is 4.74 Å². The maximum Gasteiger partial charge on any atom is 0.263 e. The van der Waals surface area contributed by atoms with Crippen LogP contribution in [0.25, 0.3) is 0 Å². The number of para-hydroxylation sites is 1. The number of carbonyl (C=O) groups excluding carboxylic acids is 1. The van der Waals surface area contributed by atoms with Crippen molar-refractivity contribution >= 4 is 5.91 Å². The average molecular weight is 412 g/mol. The largest absolute Gasteiger partial charge is 0.480 e. The lowest BCUT2D eigenvalue weighted by Gasteiger charge is -2.35. The Balaban J connectivity index is 1.14. The van der Waals surface area contributed by atoms with Crippen LogP contribution in [-0.4, -0.2) is 92.3 Å². The number of ether oxygens (including phenoxy) is 2. The standard InChI is InChI=1S/C24H33N3O3/c1-25-15-17-26(18-16-25)12-4-5-19-29-21-10-13-27(14-11-21)24(28)23-9-8-20-6-2-3-7-22(20)30-23/h2-3,6-7,21,23H,8-19H2,1H3. The van der Waals surface area contributed by atoms with Crippen LogP contribution in [0.15, 0.2) is 24.3 Å². The molecule has 2 fully saturated rings. The number of likely N-dealkylation sites (N-methyl/N-ethyl adjacent to an activating group) is 1. The van der Waals surface area contributed by atoms with Crippen LogP contribution in [0.1, 0.15) is 24.8 Å². The number of hydrogen-bond donors (Lipinski definition) is 0. The minimum atomic E-state index is -0.349. The third-order valence-corrected chi connectivity index (χ3v) is 6.36. The van der Waals surface area contributed by atoms with Crippen molar-refractivity contribution in [2.75, 3.05) is 59.5 Å². The lowest BCUT2D eigenvalue weighted by molar-refractivity contribution is -0.142. The van der Waals surface area contributed by atoms with Crippen LogP contribution in [0, 0.1) is 11.8 Å². The van der Waals surface area contributed by atoms with E-state index in [0.717, 1.165) is 77.2 Å². The number of amides is 1. The monoisotopic (exact) mass is 411 g/mol. The zero-order valence-electron chi connectivity index (χ0n) is 18.0. The molecule has 0 saturated carbocycles. The molecule has 2 saturated heterocycles. The number of benzene rings is 1. The lowest BCUT2D eigenvalue weighted by atomic mass is 10.0. The Labute approximate surface area is 180 Å². The Morgan fingerprint density at radius 3 is 2.63 bits per heavy atom. The van der Waals surface area contributed by atoms with E-state index in [1.54, 1.807) is 0 Å². The molecule has 1 atom stereocenters. The fraction of sp³-hybridized carbons (Fsp3) is 0.625. The van der Waals surface area contributed by atoms with Gasteiger partial charge in [0.2, 0.25) is 0 Å². The molecule has 1 aromatic carbocycles. The van der Waals surface area contributed by atoms with E-state index in [1.165, 1.54) is 5.56 Å². The second kappa shape index (κ2) is 10.3. The molecular weight excluding hydrogens is 378 g/mol. The van der Waals surface area contributed by atoms with Gasteiger partial charge in [-0.2, -0.15) is 0 Å². The van der Waals surface area contributed by atoms with Crippen molar-refractivity contribution in [3.63, 3.8) is 0 Å². The molecule has 4 rings (SSSR count). The van der Waals surface area contributed by atoms with Gasteiger partial charge in [-0.1, -0.05) is 30.0 Å². The zero-order chi connectivity index (χ0) is 20.8. The van der Waals surface area contributed by atoms with Crippen LogP contribution in [-0.2, 0) is 16.0 Å². The predicted molar refractivity (Wildman–Crippen MR) is 116 cm³/mol. The Morgan fingerprint density at radius 2 is 1.83 bits per heavy atom. The number of rotatable bonds is 4. The number of fused-ring (bicyclic) bond motifs is 1. The van der Waals surface area contributed by atoms with Gasteiger partial charge in [-0.05, 0) is 44.4 Å². The quantitative estimate of drug-likeness (QED) is 0.705. The molecule has 3 aliphatic rings. The smallest absolute Gasteiger partial charge is 0.263 e. The first-order valence-electron chi connectivity index (χ1n) is 11.2. The lowest BCUT2D eigenvalue weighted by Crippen LogP contribution is -2.48. The maximum absolute atomic E-state index is 12.9. The minimum absolute atomic E-state index is 0.120. The highest BCUT2D eigenvalue weighted by Crippen LogP contribution is 2.28. The van der Waals surface area contributed by atoms with Crippen LogP contribution >= 0.6 is 0 Å². The van der Waals surface area contributed by atoms with Gasteiger partial charge in [-0.15, -0.1) is 0 Å². The Hall–Kier alpha value is -2.07. The van der Waals surface area contributed by atoms with Crippen LogP contribution in [0.5, 0.6) is 5.75 Å². The summed E-state index contributed by atoms with van der Waals surface area (Å²) in [6.07, 6.45) is 3.25. The van der Waals surface area contributed by atoms with Crippen molar-refractivity contribution in [3.8, 4) is 17.6 Å². The molecule has 0 aliphatic carbocycles. The zero-order valence-corrected chi connectivity index (χ0v) is 18.0. The molecule has 1 aromatic rings. The van der Waals surface area contributed by atoms with Gasteiger partial charge < -0.3 is 19.3 Å². The van der Waals surface area contributed by atoms with E-state index in [4.69, 9.17) is 9.47 Å². The minimum Gasteiger partial charge on any atom is -0.480 e. The normalized spacial score (nSPS) is 23.2. The molecule has 1 unspecified atom stereocenters. The molecule has 0 bridgehead atoms. The van der Waals surface area contributed by atoms with E-state index in [-0.39, 0.29) is 18.1 Å². The van der Waals surface area contributed by atoms with Gasteiger partial charge in [0.05, 0.1) is 12.6 Å². The predicted octanol–water partition coefficient (Wildman–Crippen LogP) is 1.64. The van der Waals surface area contributed by atoms with Crippen molar-refractivity contribution in [3.05, 3.63) is 29.8 Å². The molecular formula is C24H33N3O3. The number of nitrogens with zero attached hydrogens (tertiary/aromatic N) is 3. The number of hydrogen-bond acceptors (Lipinski definition) is 5. The maximum atomic E-state index is 12.9. The summed E-state index contributed by atoms with van der Waals surface area (Å²) >= 11 is 0. The van der Waals surface area contributed by atoms with Gasteiger partial charge >= 0.3 is 0 Å². The number of aryl methyl sites for hydroxylation is 1. The van der Waals surface area contributed by atoms with Crippen molar-refractivity contribution in [2.24, 2.45) is 0 Å². The van der Waals surface area contributed by atoms with E-state index in [1.807, 2.05) is 23.1 Å². The highest BCUT2D eigenvalue weighted by molar-refractivity contribution is 5.81. The molecule has 0 N–H and O–H groups in total.